The smallest absolute Gasteiger partial charge is 0.422 e. The highest BCUT2D eigenvalue weighted by molar-refractivity contribution is 5.76. The Balaban J connectivity index is 1.51. The van der Waals surface area contributed by atoms with Crippen molar-refractivity contribution >= 4 is 11.4 Å². The van der Waals surface area contributed by atoms with Gasteiger partial charge in [0.05, 0.1) is 25.6 Å². The van der Waals surface area contributed by atoms with E-state index in [1.165, 1.54) is 12.1 Å². The first kappa shape index (κ1) is 23.5. The van der Waals surface area contributed by atoms with E-state index in [4.69, 9.17) is 14.2 Å². The van der Waals surface area contributed by atoms with E-state index in [-0.39, 0.29) is 5.75 Å². The third-order valence-electron chi connectivity index (χ3n) is 5.65. The van der Waals surface area contributed by atoms with Gasteiger partial charge in [0.25, 0.3) is 0 Å². The van der Waals surface area contributed by atoms with Gasteiger partial charge in [-0.2, -0.15) is 13.2 Å². The highest BCUT2D eigenvalue weighted by Crippen LogP contribution is 2.33. The molecule has 1 aliphatic rings. The summed E-state index contributed by atoms with van der Waals surface area (Å²) in [5, 5.41) is 0. The molecule has 1 aromatic heterocycles. The molecule has 0 bridgehead atoms. The zero-order chi connectivity index (χ0) is 24.1. The van der Waals surface area contributed by atoms with E-state index in [9.17, 15) is 13.2 Å². The molecule has 6 nitrogen and oxygen atoms in total. The lowest BCUT2D eigenvalue weighted by atomic mass is 10.1. The van der Waals surface area contributed by atoms with Crippen molar-refractivity contribution in [3.8, 4) is 28.6 Å². The number of hydrogen-bond acceptors (Lipinski definition) is 6. The minimum Gasteiger partial charge on any atom is -0.497 e. The molecule has 0 amide bonds. The van der Waals surface area contributed by atoms with Crippen LogP contribution in [0.15, 0.2) is 60.7 Å². The maximum absolute atomic E-state index is 12.4. The lowest BCUT2D eigenvalue weighted by Crippen LogP contribution is -2.46. The van der Waals surface area contributed by atoms with Gasteiger partial charge in [-0.3, -0.25) is 0 Å². The van der Waals surface area contributed by atoms with E-state index in [0.29, 0.717) is 11.6 Å². The number of ether oxygens (including phenoxy) is 3. The zero-order valence-corrected chi connectivity index (χ0v) is 19.0. The number of pyridine rings is 1. The fourth-order valence-electron chi connectivity index (χ4n) is 3.89. The van der Waals surface area contributed by atoms with Crippen LogP contribution in [0.4, 0.5) is 24.5 Å². The molecular formula is C25H26F3N3O3. The molecule has 0 aliphatic carbocycles. The predicted octanol–water partition coefficient (Wildman–Crippen LogP) is 5.03. The summed E-state index contributed by atoms with van der Waals surface area (Å²) in [5.74, 6) is 1.44. The Labute approximate surface area is 196 Å². The van der Waals surface area contributed by atoms with E-state index in [2.05, 4.69) is 26.9 Å². The van der Waals surface area contributed by atoms with E-state index in [1.807, 2.05) is 24.3 Å². The Bertz CT molecular complexity index is 1080. The quantitative estimate of drug-likeness (QED) is 0.480. The summed E-state index contributed by atoms with van der Waals surface area (Å²) in [6, 6.07) is 18.3. The van der Waals surface area contributed by atoms with Gasteiger partial charge in [-0.25, -0.2) is 4.98 Å². The molecule has 1 saturated heterocycles. The lowest BCUT2D eigenvalue weighted by Gasteiger charge is -2.38. The molecule has 2 aromatic carbocycles. The van der Waals surface area contributed by atoms with Crippen molar-refractivity contribution in [3.05, 3.63) is 60.7 Å². The largest absolute Gasteiger partial charge is 0.497 e. The molecule has 1 aliphatic heterocycles. The van der Waals surface area contributed by atoms with Crippen molar-refractivity contribution in [1.82, 2.24) is 4.98 Å². The summed E-state index contributed by atoms with van der Waals surface area (Å²) >= 11 is 0. The number of methoxy groups -OCH3 is 2. The van der Waals surface area contributed by atoms with E-state index in [0.717, 1.165) is 48.9 Å². The van der Waals surface area contributed by atoms with Crippen LogP contribution < -0.4 is 24.0 Å². The molecule has 2 heterocycles. The monoisotopic (exact) mass is 473 g/mol. The fraction of sp³-hybridized carbons (Fsp3) is 0.320. The molecule has 0 unspecified atom stereocenters. The molecule has 0 saturated carbocycles. The molecule has 9 heteroatoms. The Kier molecular flexibility index (Phi) is 7.00. The standard InChI is InChI=1S/C25H26F3N3O3/c1-32-20-9-5-19(6-10-20)30-13-15-31(16-14-30)22-11-12-23(33-2)29-24(22)18-3-7-21(8-4-18)34-17-25(26,27)28/h3-12H,13-17H2,1-2H3. The number of benzene rings is 2. The van der Waals surface area contributed by atoms with Gasteiger partial charge in [-0.1, -0.05) is 0 Å². The van der Waals surface area contributed by atoms with Crippen molar-refractivity contribution in [2.45, 2.75) is 6.18 Å². The third-order valence-corrected chi connectivity index (χ3v) is 5.65. The predicted molar refractivity (Wildman–Crippen MR) is 125 cm³/mol. The van der Waals surface area contributed by atoms with Crippen LogP contribution in [0, 0.1) is 0 Å². The van der Waals surface area contributed by atoms with Crippen LogP contribution in [-0.4, -0.2) is 58.2 Å². The Morgan fingerprint density at radius 1 is 0.765 bits per heavy atom. The van der Waals surface area contributed by atoms with Crippen LogP contribution in [0.3, 0.4) is 0 Å². The van der Waals surface area contributed by atoms with Crippen molar-refractivity contribution in [1.29, 1.82) is 0 Å². The minimum atomic E-state index is -4.38. The SMILES string of the molecule is COc1ccc(N2CCN(c3ccc(OC)nc3-c3ccc(OCC(F)(F)F)cc3)CC2)cc1. The molecule has 4 rings (SSSR count). The summed E-state index contributed by atoms with van der Waals surface area (Å²) < 4.78 is 52.7. The number of piperazine rings is 1. The maximum atomic E-state index is 12.4. The first-order chi connectivity index (χ1) is 16.4. The fourth-order valence-corrected chi connectivity index (χ4v) is 3.89. The molecule has 0 spiro atoms. The van der Waals surface area contributed by atoms with Gasteiger partial charge in [0.15, 0.2) is 6.61 Å². The van der Waals surface area contributed by atoms with Gasteiger partial charge >= 0.3 is 6.18 Å². The van der Waals surface area contributed by atoms with Crippen molar-refractivity contribution in [2.75, 3.05) is 56.8 Å². The third kappa shape index (κ3) is 5.65. The van der Waals surface area contributed by atoms with E-state index < -0.39 is 12.8 Å². The Hall–Kier alpha value is -3.62. The van der Waals surface area contributed by atoms with Crippen molar-refractivity contribution in [3.63, 3.8) is 0 Å². The number of aromatic nitrogens is 1. The van der Waals surface area contributed by atoms with Crippen molar-refractivity contribution in [2.24, 2.45) is 0 Å². The molecule has 180 valence electrons. The van der Waals surface area contributed by atoms with Crippen molar-refractivity contribution < 1.29 is 27.4 Å². The van der Waals surface area contributed by atoms with Gasteiger partial charge in [-0.15, -0.1) is 0 Å². The Morgan fingerprint density at radius 3 is 1.97 bits per heavy atom. The number of nitrogens with zero attached hydrogens (tertiary/aromatic N) is 3. The molecule has 0 radical (unpaired) electrons. The summed E-state index contributed by atoms with van der Waals surface area (Å²) in [6.07, 6.45) is -4.38. The summed E-state index contributed by atoms with van der Waals surface area (Å²) in [4.78, 5) is 9.21. The number of hydrogen-bond donors (Lipinski definition) is 0. The second kappa shape index (κ2) is 10.1. The maximum Gasteiger partial charge on any atom is 0.422 e. The summed E-state index contributed by atoms with van der Waals surface area (Å²) in [6.45, 7) is 1.93. The second-order valence-electron chi connectivity index (χ2n) is 7.82. The lowest BCUT2D eigenvalue weighted by molar-refractivity contribution is -0.153. The normalized spacial score (nSPS) is 14.1. The molecule has 34 heavy (non-hydrogen) atoms. The average Bonchev–Trinajstić information content (AvgIpc) is 2.87. The van der Waals surface area contributed by atoms with E-state index in [1.54, 1.807) is 26.4 Å². The van der Waals surface area contributed by atoms with Gasteiger partial charge in [0.2, 0.25) is 5.88 Å². The first-order valence-corrected chi connectivity index (χ1v) is 10.9. The zero-order valence-electron chi connectivity index (χ0n) is 19.0. The molecule has 3 aromatic rings. The van der Waals surface area contributed by atoms with E-state index >= 15 is 0 Å². The molecular weight excluding hydrogens is 447 g/mol. The van der Waals surface area contributed by atoms with Crippen LogP contribution in [0.5, 0.6) is 17.4 Å². The Morgan fingerprint density at radius 2 is 1.38 bits per heavy atom. The molecule has 1 fully saturated rings. The number of halogens is 3. The van der Waals surface area contributed by atoms with Crippen LogP contribution >= 0.6 is 0 Å². The average molecular weight is 473 g/mol. The van der Waals surface area contributed by atoms with Gasteiger partial charge in [0, 0.05) is 43.5 Å². The second-order valence-corrected chi connectivity index (χ2v) is 7.82. The van der Waals surface area contributed by atoms with Gasteiger partial charge in [0.1, 0.15) is 11.5 Å². The molecule has 0 N–H and O–H groups in total. The number of anilines is 2. The molecule has 0 atom stereocenters. The van der Waals surface area contributed by atoms with Gasteiger partial charge < -0.3 is 24.0 Å². The number of rotatable bonds is 7. The topological polar surface area (TPSA) is 47.1 Å². The van der Waals surface area contributed by atoms with Crippen LogP contribution in [0.25, 0.3) is 11.3 Å². The van der Waals surface area contributed by atoms with Crippen LogP contribution in [0.2, 0.25) is 0 Å². The van der Waals surface area contributed by atoms with Crippen LogP contribution in [0.1, 0.15) is 0 Å². The van der Waals surface area contributed by atoms with Crippen LogP contribution in [-0.2, 0) is 0 Å². The highest BCUT2D eigenvalue weighted by atomic mass is 19.4. The summed E-state index contributed by atoms with van der Waals surface area (Å²) in [7, 11) is 3.20. The highest BCUT2D eigenvalue weighted by Gasteiger charge is 2.28. The first-order valence-electron chi connectivity index (χ1n) is 10.9. The van der Waals surface area contributed by atoms with Gasteiger partial charge in [-0.05, 0) is 54.6 Å². The minimum absolute atomic E-state index is 0.152. The number of alkyl halides is 3. The summed E-state index contributed by atoms with van der Waals surface area (Å²) in [5.41, 5.74) is 3.56.